The zero-order chi connectivity index (χ0) is 13.5. The molecule has 1 aromatic heterocycles. The first-order chi connectivity index (χ1) is 8.29. The Labute approximate surface area is 110 Å². The third-order valence-electron chi connectivity index (χ3n) is 2.61. The van der Waals surface area contributed by atoms with E-state index >= 15 is 0 Å². The number of fused-ring (bicyclic) bond motifs is 1. The van der Waals surface area contributed by atoms with Crippen molar-refractivity contribution in [3.63, 3.8) is 0 Å². The summed E-state index contributed by atoms with van der Waals surface area (Å²) in [4.78, 5) is 10.8. The minimum Gasteiger partial charge on any atom is -0.465 e. The first-order valence-electron chi connectivity index (χ1n) is 5.51. The normalized spacial score (nSPS) is 11.8. The van der Waals surface area contributed by atoms with E-state index in [-0.39, 0.29) is 11.1 Å². The summed E-state index contributed by atoms with van der Waals surface area (Å²) in [6.07, 6.45) is -1.17. The van der Waals surface area contributed by atoms with Gasteiger partial charge in [-0.3, -0.25) is 5.32 Å². The fourth-order valence-corrected chi connectivity index (χ4v) is 1.87. The molecular formula is C13H14ClNO3. The summed E-state index contributed by atoms with van der Waals surface area (Å²) < 4.78 is 5.74. The van der Waals surface area contributed by atoms with Gasteiger partial charge in [0.1, 0.15) is 11.4 Å². The SMILES string of the molecule is CC(C)(C)c1cc2ccc(Cl)c(NC(=O)O)c2o1. The topological polar surface area (TPSA) is 62.5 Å². The number of benzene rings is 1. The fraction of sp³-hybridized carbons (Fsp3) is 0.308. The van der Waals surface area contributed by atoms with Crippen molar-refractivity contribution in [2.75, 3.05) is 5.32 Å². The molecule has 4 nitrogen and oxygen atoms in total. The minimum atomic E-state index is -1.17. The molecule has 18 heavy (non-hydrogen) atoms. The summed E-state index contributed by atoms with van der Waals surface area (Å²) in [6, 6.07) is 5.36. The summed E-state index contributed by atoms with van der Waals surface area (Å²) in [7, 11) is 0. The Kier molecular flexibility index (Phi) is 2.99. The fourth-order valence-electron chi connectivity index (χ4n) is 1.67. The standard InChI is InChI=1S/C13H14ClNO3/c1-13(2,3)9-6-7-4-5-8(14)10(11(7)18-9)15-12(16)17/h4-6,15H,1-3H3,(H,16,17). The van der Waals surface area contributed by atoms with Gasteiger partial charge in [-0.15, -0.1) is 0 Å². The Morgan fingerprint density at radius 2 is 2.06 bits per heavy atom. The van der Waals surface area contributed by atoms with Crippen LogP contribution in [0.25, 0.3) is 11.0 Å². The molecule has 0 spiro atoms. The molecule has 0 saturated heterocycles. The van der Waals surface area contributed by atoms with Crippen molar-refractivity contribution in [1.82, 2.24) is 0 Å². The maximum Gasteiger partial charge on any atom is 0.409 e. The van der Waals surface area contributed by atoms with Crippen LogP contribution in [0.1, 0.15) is 26.5 Å². The van der Waals surface area contributed by atoms with Crippen LogP contribution in [0.3, 0.4) is 0 Å². The van der Waals surface area contributed by atoms with Crippen molar-refractivity contribution in [3.8, 4) is 0 Å². The number of hydrogen-bond acceptors (Lipinski definition) is 2. The molecule has 0 aliphatic heterocycles. The van der Waals surface area contributed by atoms with Gasteiger partial charge >= 0.3 is 6.09 Å². The van der Waals surface area contributed by atoms with E-state index in [1.807, 2.05) is 32.9 Å². The number of halogens is 1. The van der Waals surface area contributed by atoms with Gasteiger partial charge in [0, 0.05) is 10.8 Å². The molecule has 0 fully saturated rings. The second-order valence-corrected chi connectivity index (χ2v) is 5.54. The summed E-state index contributed by atoms with van der Waals surface area (Å²) in [6.45, 7) is 6.07. The predicted molar refractivity (Wildman–Crippen MR) is 71.6 cm³/mol. The molecule has 0 aliphatic carbocycles. The van der Waals surface area contributed by atoms with Crippen LogP contribution in [0.5, 0.6) is 0 Å². The van der Waals surface area contributed by atoms with Gasteiger partial charge in [-0.1, -0.05) is 32.4 Å². The molecule has 0 unspecified atom stereocenters. The monoisotopic (exact) mass is 267 g/mol. The van der Waals surface area contributed by atoms with Crippen LogP contribution in [-0.4, -0.2) is 11.2 Å². The van der Waals surface area contributed by atoms with Gasteiger partial charge in [0.05, 0.1) is 5.02 Å². The van der Waals surface area contributed by atoms with Crippen LogP contribution in [0, 0.1) is 0 Å². The van der Waals surface area contributed by atoms with Crippen molar-refractivity contribution in [2.24, 2.45) is 0 Å². The van der Waals surface area contributed by atoms with E-state index in [4.69, 9.17) is 21.1 Å². The smallest absolute Gasteiger partial charge is 0.409 e. The molecule has 0 radical (unpaired) electrons. The van der Waals surface area contributed by atoms with Crippen molar-refractivity contribution in [2.45, 2.75) is 26.2 Å². The Hall–Kier alpha value is -1.68. The number of anilines is 1. The highest BCUT2D eigenvalue weighted by Crippen LogP contribution is 2.36. The third kappa shape index (κ3) is 2.29. The number of nitrogens with one attached hydrogen (secondary N) is 1. The molecular weight excluding hydrogens is 254 g/mol. The Morgan fingerprint density at radius 1 is 1.39 bits per heavy atom. The summed E-state index contributed by atoms with van der Waals surface area (Å²) in [5.41, 5.74) is 0.610. The molecule has 2 aromatic rings. The molecule has 0 aliphatic rings. The minimum absolute atomic E-state index is 0.147. The van der Waals surface area contributed by atoms with Crippen molar-refractivity contribution in [3.05, 3.63) is 29.0 Å². The van der Waals surface area contributed by atoms with E-state index in [0.29, 0.717) is 10.6 Å². The molecule has 0 bridgehead atoms. The number of hydrogen-bond donors (Lipinski definition) is 2. The molecule has 0 atom stereocenters. The van der Waals surface area contributed by atoms with Crippen LogP contribution in [0.2, 0.25) is 5.02 Å². The number of amides is 1. The lowest BCUT2D eigenvalue weighted by molar-refractivity contribution is 0.209. The molecule has 2 N–H and O–H groups in total. The van der Waals surface area contributed by atoms with Crippen molar-refractivity contribution in [1.29, 1.82) is 0 Å². The summed E-state index contributed by atoms with van der Waals surface area (Å²) in [5.74, 6) is 0.785. The number of carboxylic acid groups (broad SMARTS) is 1. The van der Waals surface area contributed by atoms with Gasteiger partial charge in [0.25, 0.3) is 0 Å². The van der Waals surface area contributed by atoms with E-state index in [2.05, 4.69) is 5.32 Å². The molecule has 1 amide bonds. The lowest BCUT2D eigenvalue weighted by Crippen LogP contribution is -2.09. The molecule has 0 saturated carbocycles. The van der Waals surface area contributed by atoms with E-state index < -0.39 is 6.09 Å². The van der Waals surface area contributed by atoms with Gasteiger partial charge < -0.3 is 9.52 Å². The second kappa shape index (κ2) is 4.21. The van der Waals surface area contributed by atoms with Gasteiger partial charge in [-0.2, -0.15) is 0 Å². The summed E-state index contributed by atoms with van der Waals surface area (Å²) >= 11 is 5.98. The van der Waals surface area contributed by atoms with Gasteiger partial charge in [0.15, 0.2) is 5.58 Å². The first-order valence-corrected chi connectivity index (χ1v) is 5.89. The van der Waals surface area contributed by atoms with Crippen LogP contribution in [-0.2, 0) is 5.41 Å². The average Bonchev–Trinajstić information content (AvgIpc) is 2.65. The number of furan rings is 1. The van der Waals surface area contributed by atoms with Crippen molar-refractivity contribution < 1.29 is 14.3 Å². The Bertz CT molecular complexity index is 610. The Morgan fingerprint density at radius 3 is 2.61 bits per heavy atom. The number of carbonyl (C=O) groups is 1. The summed E-state index contributed by atoms with van der Waals surface area (Å²) in [5, 5.41) is 12.2. The largest absolute Gasteiger partial charge is 0.465 e. The van der Waals surface area contributed by atoms with Gasteiger partial charge in [-0.05, 0) is 18.2 Å². The first kappa shape index (κ1) is 12.8. The zero-order valence-electron chi connectivity index (χ0n) is 10.4. The third-order valence-corrected chi connectivity index (χ3v) is 2.92. The highest BCUT2D eigenvalue weighted by atomic mass is 35.5. The highest BCUT2D eigenvalue weighted by Gasteiger charge is 2.21. The number of rotatable bonds is 1. The second-order valence-electron chi connectivity index (χ2n) is 5.13. The van der Waals surface area contributed by atoms with Crippen LogP contribution in [0.4, 0.5) is 10.5 Å². The lowest BCUT2D eigenvalue weighted by Gasteiger charge is -2.13. The van der Waals surface area contributed by atoms with E-state index in [0.717, 1.165) is 11.1 Å². The molecule has 2 rings (SSSR count). The quantitative estimate of drug-likeness (QED) is 0.801. The van der Waals surface area contributed by atoms with Gasteiger partial charge in [0.2, 0.25) is 0 Å². The van der Waals surface area contributed by atoms with Crippen LogP contribution in [0.15, 0.2) is 22.6 Å². The maximum absolute atomic E-state index is 10.8. The van der Waals surface area contributed by atoms with Crippen LogP contribution >= 0.6 is 11.6 Å². The van der Waals surface area contributed by atoms with E-state index in [1.165, 1.54) is 0 Å². The molecule has 96 valence electrons. The lowest BCUT2D eigenvalue weighted by atomic mass is 9.93. The van der Waals surface area contributed by atoms with E-state index in [1.54, 1.807) is 6.07 Å². The average molecular weight is 268 g/mol. The predicted octanol–water partition coefficient (Wildman–Crippen LogP) is 4.47. The van der Waals surface area contributed by atoms with Gasteiger partial charge in [-0.25, -0.2) is 4.79 Å². The Balaban J connectivity index is 2.65. The van der Waals surface area contributed by atoms with Crippen molar-refractivity contribution >= 4 is 34.4 Å². The van der Waals surface area contributed by atoms with Crippen LogP contribution < -0.4 is 5.32 Å². The molecule has 1 aromatic carbocycles. The maximum atomic E-state index is 10.8. The zero-order valence-corrected chi connectivity index (χ0v) is 11.1. The molecule has 1 heterocycles. The van der Waals surface area contributed by atoms with E-state index in [9.17, 15) is 4.79 Å². The highest BCUT2D eigenvalue weighted by molar-refractivity contribution is 6.35. The molecule has 5 heteroatoms.